The lowest BCUT2D eigenvalue weighted by Gasteiger charge is -2.36. The van der Waals surface area contributed by atoms with Gasteiger partial charge in [-0.25, -0.2) is 9.67 Å². The first-order valence-electron chi connectivity index (χ1n) is 12.4. The first-order chi connectivity index (χ1) is 16.0. The fraction of sp³-hybridized carbons (Fsp3) is 0.481. The van der Waals surface area contributed by atoms with Crippen molar-refractivity contribution >= 4 is 41.3 Å². The number of unbranched alkanes of at least 4 members (excludes halogenated alkanes) is 1. The largest absolute Gasteiger partial charge is 0.405 e. The molecule has 0 spiro atoms. The number of benzene rings is 2. The molecule has 4 nitrogen and oxygen atoms in total. The molecule has 174 valence electrons. The van der Waals surface area contributed by atoms with Crippen LogP contribution in [0.25, 0.3) is 0 Å². The van der Waals surface area contributed by atoms with E-state index in [1.54, 1.807) is 0 Å². The highest BCUT2D eigenvalue weighted by atomic mass is 127. The van der Waals surface area contributed by atoms with E-state index < -0.39 is 8.32 Å². The molecular weight excluding hydrogens is 537 g/mol. The number of hydrogen-bond donors (Lipinski definition) is 0. The van der Waals surface area contributed by atoms with Crippen LogP contribution < -0.4 is 10.4 Å². The molecule has 6 heteroatoms. The van der Waals surface area contributed by atoms with Gasteiger partial charge in [-0.15, -0.1) is 5.10 Å². The van der Waals surface area contributed by atoms with Crippen LogP contribution in [0, 0.1) is 15.7 Å². The summed E-state index contributed by atoms with van der Waals surface area (Å²) in [5, 5.41) is 7.48. The average Bonchev–Trinajstić information content (AvgIpc) is 3.14. The van der Waals surface area contributed by atoms with Crippen molar-refractivity contribution in [3.63, 3.8) is 0 Å². The van der Waals surface area contributed by atoms with Crippen LogP contribution in [0.4, 0.5) is 0 Å². The van der Waals surface area contributed by atoms with Crippen LogP contribution in [0.1, 0.15) is 64.2 Å². The Morgan fingerprint density at radius 1 is 1.00 bits per heavy atom. The third-order valence-electron chi connectivity index (χ3n) is 7.55. The molecule has 2 atom stereocenters. The molecule has 2 saturated carbocycles. The lowest BCUT2D eigenvalue weighted by molar-refractivity contribution is 0.185. The first kappa shape index (κ1) is 23.2. The standard InChI is InChI=1S/C27H34IN3OSi/c1-4-5-16-33(21-12-8-6-9-13-21,22-14-10-7-11-15-22)32-20-17-23-24(18-20)25(23)26-29-27(28)30-31(26)19(2)3/h6-15,19-20,23-25H,4-5,16-18H2,1-3H3. The molecular formula is C27H34IN3OSi. The first-order valence-corrected chi connectivity index (χ1v) is 15.6. The lowest BCUT2D eigenvalue weighted by atomic mass is 10.1. The lowest BCUT2D eigenvalue weighted by Crippen LogP contribution is -2.62. The number of hydrogen-bond acceptors (Lipinski definition) is 3. The maximum Gasteiger partial charge on any atom is 0.256 e. The van der Waals surface area contributed by atoms with Crippen LogP contribution in [-0.4, -0.2) is 29.2 Å². The zero-order valence-electron chi connectivity index (χ0n) is 19.8. The second-order valence-corrected chi connectivity index (χ2v) is 14.5. The average molecular weight is 572 g/mol. The minimum atomic E-state index is -2.30. The van der Waals surface area contributed by atoms with Gasteiger partial charge in [0.25, 0.3) is 8.32 Å². The highest BCUT2D eigenvalue weighted by Crippen LogP contribution is 2.63. The summed E-state index contributed by atoms with van der Waals surface area (Å²) in [6, 6.07) is 23.7. The summed E-state index contributed by atoms with van der Waals surface area (Å²) < 4.78 is 10.4. The van der Waals surface area contributed by atoms with E-state index in [1.165, 1.54) is 29.0 Å². The van der Waals surface area contributed by atoms with Crippen LogP contribution in [-0.2, 0) is 4.43 Å². The number of aromatic nitrogens is 3. The maximum absolute atomic E-state index is 7.34. The van der Waals surface area contributed by atoms with Crippen molar-refractivity contribution in [1.29, 1.82) is 0 Å². The molecule has 0 aliphatic heterocycles. The topological polar surface area (TPSA) is 39.9 Å². The molecule has 5 rings (SSSR count). The summed E-state index contributed by atoms with van der Waals surface area (Å²) in [6.45, 7) is 6.69. The molecule has 2 aliphatic carbocycles. The van der Waals surface area contributed by atoms with Crippen LogP contribution in [0.15, 0.2) is 60.7 Å². The summed E-state index contributed by atoms with van der Waals surface area (Å²) in [5.74, 6) is 3.14. The Balaban J connectivity index is 1.40. The van der Waals surface area contributed by atoms with Gasteiger partial charge in [-0.1, -0.05) is 80.4 Å². The zero-order chi connectivity index (χ0) is 23.0. The quantitative estimate of drug-likeness (QED) is 0.251. The Labute approximate surface area is 212 Å². The van der Waals surface area contributed by atoms with Gasteiger partial charge in [0.1, 0.15) is 5.82 Å². The third kappa shape index (κ3) is 4.46. The number of fused-ring (bicyclic) bond motifs is 1. The van der Waals surface area contributed by atoms with E-state index in [-0.39, 0.29) is 0 Å². The minimum absolute atomic E-state index is 0.342. The highest BCUT2D eigenvalue weighted by molar-refractivity contribution is 14.1. The smallest absolute Gasteiger partial charge is 0.256 e. The van der Waals surface area contributed by atoms with Gasteiger partial charge in [0.2, 0.25) is 3.83 Å². The van der Waals surface area contributed by atoms with E-state index in [0.717, 1.165) is 22.7 Å². The number of nitrogens with zero attached hydrogens (tertiary/aromatic N) is 3. The van der Waals surface area contributed by atoms with Crippen molar-refractivity contribution in [2.75, 3.05) is 0 Å². The molecule has 3 aromatic rings. The molecule has 0 saturated heterocycles. The van der Waals surface area contributed by atoms with E-state index in [4.69, 9.17) is 9.41 Å². The molecule has 1 aromatic heterocycles. The molecule has 0 amide bonds. The molecule has 0 bridgehead atoms. The Morgan fingerprint density at radius 3 is 2.09 bits per heavy atom. The summed E-state index contributed by atoms with van der Waals surface area (Å²) >= 11 is 2.25. The van der Waals surface area contributed by atoms with Crippen molar-refractivity contribution < 1.29 is 4.43 Å². The Kier molecular flexibility index (Phi) is 6.78. The second-order valence-electron chi connectivity index (χ2n) is 10.0. The highest BCUT2D eigenvalue weighted by Gasteiger charge is 2.60. The Morgan fingerprint density at radius 2 is 1.58 bits per heavy atom. The SMILES string of the molecule is CCCC[Si](OC1CC2C(C1)C2c1nc(I)nn1C(C)C)(c1ccccc1)c1ccccc1. The number of rotatable bonds is 9. The molecule has 33 heavy (non-hydrogen) atoms. The van der Waals surface area contributed by atoms with Gasteiger partial charge in [-0.05, 0) is 54.9 Å². The zero-order valence-corrected chi connectivity index (χ0v) is 23.0. The summed E-state index contributed by atoms with van der Waals surface area (Å²) in [7, 11) is -2.30. The van der Waals surface area contributed by atoms with Crippen molar-refractivity contribution in [3.05, 3.63) is 70.3 Å². The van der Waals surface area contributed by atoms with Gasteiger partial charge in [0, 0.05) is 40.7 Å². The van der Waals surface area contributed by atoms with Crippen molar-refractivity contribution in [1.82, 2.24) is 14.8 Å². The summed E-state index contributed by atoms with van der Waals surface area (Å²) in [6.07, 6.45) is 5.04. The maximum atomic E-state index is 7.34. The third-order valence-corrected chi connectivity index (χ3v) is 12.3. The molecule has 2 unspecified atom stereocenters. The fourth-order valence-electron chi connectivity index (χ4n) is 5.96. The van der Waals surface area contributed by atoms with Gasteiger partial charge in [-0.3, -0.25) is 0 Å². The fourth-order valence-corrected chi connectivity index (χ4v) is 10.8. The van der Waals surface area contributed by atoms with E-state index in [9.17, 15) is 0 Å². The number of halogens is 1. The van der Waals surface area contributed by atoms with Crippen LogP contribution in [0.3, 0.4) is 0 Å². The van der Waals surface area contributed by atoms with Crippen molar-refractivity contribution in [2.45, 2.75) is 70.6 Å². The molecule has 0 radical (unpaired) electrons. The molecule has 0 N–H and O–H groups in total. The Hall–Kier alpha value is -1.51. The van der Waals surface area contributed by atoms with Crippen molar-refractivity contribution in [3.8, 4) is 0 Å². The molecule has 2 aliphatic rings. The van der Waals surface area contributed by atoms with Crippen LogP contribution >= 0.6 is 22.6 Å². The van der Waals surface area contributed by atoms with Gasteiger partial charge < -0.3 is 4.43 Å². The monoisotopic (exact) mass is 571 g/mol. The summed E-state index contributed by atoms with van der Waals surface area (Å²) in [5.41, 5.74) is 0. The normalized spacial score (nSPS) is 24.3. The minimum Gasteiger partial charge on any atom is -0.405 e. The predicted octanol–water partition coefficient (Wildman–Crippen LogP) is 5.53. The van der Waals surface area contributed by atoms with Gasteiger partial charge in [0.15, 0.2) is 0 Å². The van der Waals surface area contributed by atoms with Gasteiger partial charge >= 0.3 is 0 Å². The molecule has 2 aromatic carbocycles. The second kappa shape index (κ2) is 9.62. The molecule has 2 fully saturated rings. The summed E-state index contributed by atoms with van der Waals surface area (Å²) in [4.78, 5) is 4.82. The molecule has 1 heterocycles. The van der Waals surface area contributed by atoms with Gasteiger partial charge in [-0.2, -0.15) is 0 Å². The van der Waals surface area contributed by atoms with E-state index >= 15 is 0 Å². The Bertz CT molecular complexity index is 1020. The van der Waals surface area contributed by atoms with Gasteiger partial charge in [0.05, 0.1) is 0 Å². The van der Waals surface area contributed by atoms with E-state index in [2.05, 4.69) is 114 Å². The predicted molar refractivity (Wildman–Crippen MR) is 145 cm³/mol. The van der Waals surface area contributed by atoms with Crippen LogP contribution in [0.5, 0.6) is 0 Å². The van der Waals surface area contributed by atoms with E-state index in [1.807, 2.05) is 0 Å². The van der Waals surface area contributed by atoms with Crippen LogP contribution in [0.2, 0.25) is 6.04 Å². The van der Waals surface area contributed by atoms with E-state index in [0.29, 0.717) is 29.9 Å². The van der Waals surface area contributed by atoms with Crippen molar-refractivity contribution in [2.24, 2.45) is 11.8 Å².